The lowest BCUT2D eigenvalue weighted by atomic mass is 10.1. The Hall–Kier alpha value is -1.52. The van der Waals surface area contributed by atoms with Gasteiger partial charge in [-0.25, -0.2) is 4.98 Å². The first-order valence-electron chi connectivity index (χ1n) is 6.21. The summed E-state index contributed by atoms with van der Waals surface area (Å²) in [5.74, 6) is 0.585. The van der Waals surface area contributed by atoms with Crippen molar-refractivity contribution in [1.29, 1.82) is 0 Å². The summed E-state index contributed by atoms with van der Waals surface area (Å²) in [4.78, 5) is 19.4. The summed E-state index contributed by atoms with van der Waals surface area (Å²) in [5, 5.41) is 2.85. The molecule has 1 amide bonds. The van der Waals surface area contributed by atoms with Gasteiger partial charge in [0.2, 0.25) is 5.91 Å². The number of alkyl halides is 2. The molecule has 3 rings (SSSR count). The highest BCUT2D eigenvalue weighted by Crippen LogP contribution is 2.64. The van der Waals surface area contributed by atoms with Gasteiger partial charge in [0.15, 0.2) is 0 Å². The Kier molecular flexibility index (Phi) is 3.03. The molecule has 4 nitrogen and oxygen atoms in total. The number of nitrogens with zero attached hydrogens (tertiary/aromatic N) is 1. The summed E-state index contributed by atoms with van der Waals surface area (Å²) in [5.41, 5.74) is 0.870. The number of nitrogens with one attached hydrogen (secondary N) is 2. The number of carbonyl (C=O) groups excluding carboxylic acids is 1. The molecule has 6 heteroatoms. The Morgan fingerprint density at radius 3 is 2.80 bits per heavy atom. The fourth-order valence-corrected chi connectivity index (χ4v) is 2.79. The van der Waals surface area contributed by atoms with Crippen molar-refractivity contribution in [2.24, 2.45) is 5.41 Å². The van der Waals surface area contributed by atoms with Gasteiger partial charge in [-0.15, -0.1) is 23.2 Å². The van der Waals surface area contributed by atoms with E-state index < -0.39 is 9.75 Å². The van der Waals surface area contributed by atoms with Crippen LogP contribution in [0.1, 0.15) is 13.3 Å². The van der Waals surface area contributed by atoms with E-state index in [2.05, 4.69) is 15.3 Å². The SMILES string of the molecule is CC1(C(=O)Nc2cccc(-c3ncc[nH]3)c2)CC1(Cl)Cl. The normalized spacial score (nSPS) is 23.4. The number of imidazole rings is 1. The summed E-state index contributed by atoms with van der Waals surface area (Å²) >= 11 is 12.0. The number of hydrogen-bond donors (Lipinski definition) is 2. The lowest BCUT2D eigenvalue weighted by Crippen LogP contribution is -2.25. The van der Waals surface area contributed by atoms with Crippen molar-refractivity contribution in [2.75, 3.05) is 5.32 Å². The number of anilines is 1. The van der Waals surface area contributed by atoms with Crippen LogP contribution in [0.25, 0.3) is 11.4 Å². The summed E-state index contributed by atoms with van der Waals surface area (Å²) in [6, 6.07) is 7.45. The van der Waals surface area contributed by atoms with Crippen LogP contribution in [0.5, 0.6) is 0 Å². The molecule has 0 spiro atoms. The van der Waals surface area contributed by atoms with Gasteiger partial charge in [-0.05, 0) is 25.5 Å². The fourth-order valence-electron chi connectivity index (χ4n) is 2.08. The van der Waals surface area contributed by atoms with Gasteiger partial charge >= 0.3 is 0 Å². The van der Waals surface area contributed by atoms with E-state index in [9.17, 15) is 4.79 Å². The van der Waals surface area contributed by atoms with Gasteiger partial charge in [0.1, 0.15) is 10.2 Å². The monoisotopic (exact) mass is 309 g/mol. The summed E-state index contributed by atoms with van der Waals surface area (Å²) < 4.78 is -0.963. The van der Waals surface area contributed by atoms with E-state index in [-0.39, 0.29) is 5.91 Å². The average molecular weight is 310 g/mol. The second-order valence-corrected chi connectivity index (χ2v) is 6.67. The zero-order valence-corrected chi connectivity index (χ0v) is 12.3. The highest BCUT2D eigenvalue weighted by molar-refractivity contribution is 6.53. The largest absolute Gasteiger partial charge is 0.345 e. The van der Waals surface area contributed by atoms with Gasteiger partial charge in [-0.2, -0.15) is 0 Å². The predicted molar refractivity (Wildman–Crippen MR) is 79.8 cm³/mol. The predicted octanol–water partition coefficient (Wildman–Crippen LogP) is 3.60. The summed E-state index contributed by atoms with van der Waals surface area (Å²) in [6.07, 6.45) is 3.90. The van der Waals surface area contributed by atoms with Gasteiger partial charge in [0.25, 0.3) is 0 Å². The van der Waals surface area contributed by atoms with Crippen molar-refractivity contribution >= 4 is 34.8 Å². The van der Waals surface area contributed by atoms with Crippen LogP contribution >= 0.6 is 23.2 Å². The molecule has 1 aliphatic rings. The second kappa shape index (κ2) is 4.50. The molecule has 2 N–H and O–H groups in total. The number of rotatable bonds is 3. The minimum atomic E-state index is -0.963. The number of amides is 1. The lowest BCUT2D eigenvalue weighted by Gasteiger charge is -2.13. The quantitative estimate of drug-likeness (QED) is 0.851. The number of hydrogen-bond acceptors (Lipinski definition) is 2. The van der Waals surface area contributed by atoms with E-state index in [1.165, 1.54) is 0 Å². The number of aromatic nitrogens is 2. The molecule has 0 bridgehead atoms. The maximum Gasteiger partial charge on any atom is 0.233 e. The Morgan fingerprint density at radius 1 is 1.45 bits per heavy atom. The van der Waals surface area contributed by atoms with Crippen LogP contribution in [0.15, 0.2) is 36.7 Å². The van der Waals surface area contributed by atoms with E-state index in [0.29, 0.717) is 12.1 Å². The zero-order chi connectivity index (χ0) is 14.4. The zero-order valence-electron chi connectivity index (χ0n) is 10.8. The lowest BCUT2D eigenvalue weighted by molar-refractivity contribution is -0.120. The first kappa shape index (κ1) is 13.5. The molecule has 1 heterocycles. The Bertz CT molecular complexity index is 654. The van der Waals surface area contributed by atoms with Crippen LogP contribution < -0.4 is 5.32 Å². The Labute approximate surface area is 126 Å². The van der Waals surface area contributed by atoms with Gasteiger partial charge in [-0.3, -0.25) is 4.79 Å². The van der Waals surface area contributed by atoms with Crippen LogP contribution in [0.4, 0.5) is 5.69 Å². The van der Waals surface area contributed by atoms with Crippen LogP contribution in [-0.4, -0.2) is 20.2 Å². The third-order valence-corrected chi connectivity index (χ3v) is 4.75. The van der Waals surface area contributed by atoms with Crippen LogP contribution in [0.2, 0.25) is 0 Å². The molecule has 2 aromatic rings. The van der Waals surface area contributed by atoms with Crippen molar-refractivity contribution in [3.8, 4) is 11.4 Å². The molecule has 0 radical (unpaired) electrons. The van der Waals surface area contributed by atoms with E-state index in [0.717, 1.165) is 11.4 Å². The molecule has 1 atom stereocenters. The van der Waals surface area contributed by atoms with Crippen LogP contribution in [0.3, 0.4) is 0 Å². The van der Waals surface area contributed by atoms with E-state index >= 15 is 0 Å². The molecular weight excluding hydrogens is 297 g/mol. The third-order valence-electron chi connectivity index (χ3n) is 3.65. The molecular formula is C14H13Cl2N3O. The molecule has 0 saturated heterocycles. The third kappa shape index (κ3) is 2.19. The highest BCUT2D eigenvalue weighted by atomic mass is 35.5. The van der Waals surface area contributed by atoms with Gasteiger partial charge in [0.05, 0.1) is 5.41 Å². The van der Waals surface area contributed by atoms with Crippen molar-refractivity contribution in [3.63, 3.8) is 0 Å². The Balaban J connectivity index is 1.79. The first-order valence-corrected chi connectivity index (χ1v) is 6.97. The standard InChI is InChI=1S/C14H13Cl2N3O/c1-13(8-14(13,15)16)12(20)19-10-4-2-3-9(7-10)11-17-5-6-18-11/h2-7H,8H2,1H3,(H,17,18)(H,19,20). The Morgan fingerprint density at radius 2 is 2.20 bits per heavy atom. The van der Waals surface area contributed by atoms with E-state index in [4.69, 9.17) is 23.2 Å². The summed E-state index contributed by atoms with van der Waals surface area (Å²) in [7, 11) is 0. The number of aromatic amines is 1. The molecule has 1 unspecified atom stereocenters. The molecule has 20 heavy (non-hydrogen) atoms. The van der Waals surface area contributed by atoms with Gasteiger partial charge in [-0.1, -0.05) is 12.1 Å². The van der Waals surface area contributed by atoms with Crippen molar-refractivity contribution in [3.05, 3.63) is 36.7 Å². The van der Waals surface area contributed by atoms with Gasteiger partial charge in [0, 0.05) is 23.6 Å². The van der Waals surface area contributed by atoms with Crippen LogP contribution in [-0.2, 0) is 4.79 Å². The minimum Gasteiger partial charge on any atom is -0.345 e. The number of halogens is 2. The molecule has 1 aromatic heterocycles. The molecule has 1 aromatic carbocycles. The maximum atomic E-state index is 12.2. The molecule has 104 valence electrons. The van der Waals surface area contributed by atoms with Crippen molar-refractivity contribution in [1.82, 2.24) is 9.97 Å². The smallest absolute Gasteiger partial charge is 0.233 e. The molecule has 1 saturated carbocycles. The number of carbonyl (C=O) groups is 1. The topological polar surface area (TPSA) is 57.8 Å². The van der Waals surface area contributed by atoms with Crippen molar-refractivity contribution < 1.29 is 4.79 Å². The van der Waals surface area contributed by atoms with E-state index in [1.807, 2.05) is 24.3 Å². The highest BCUT2D eigenvalue weighted by Gasteiger charge is 2.67. The number of H-pyrrole nitrogens is 1. The van der Waals surface area contributed by atoms with Crippen LogP contribution in [0, 0.1) is 5.41 Å². The number of benzene rings is 1. The first-order chi connectivity index (χ1) is 9.42. The second-order valence-electron chi connectivity index (χ2n) is 5.19. The van der Waals surface area contributed by atoms with Crippen molar-refractivity contribution in [2.45, 2.75) is 17.7 Å². The molecule has 0 aliphatic heterocycles. The maximum absolute atomic E-state index is 12.2. The minimum absolute atomic E-state index is 0.168. The average Bonchev–Trinajstić information content (AvgIpc) is 2.83. The van der Waals surface area contributed by atoms with Gasteiger partial charge < -0.3 is 10.3 Å². The molecule has 1 aliphatic carbocycles. The fraction of sp³-hybridized carbons (Fsp3) is 0.286. The summed E-state index contributed by atoms with van der Waals surface area (Å²) in [6.45, 7) is 1.76. The van der Waals surface area contributed by atoms with E-state index in [1.54, 1.807) is 19.3 Å². The molecule has 1 fully saturated rings.